The molecule has 1 atom stereocenters. The molecule has 0 heterocycles. The lowest BCUT2D eigenvalue weighted by Gasteiger charge is -2.27. The Morgan fingerprint density at radius 1 is 1.44 bits per heavy atom. The van der Waals surface area contributed by atoms with E-state index in [2.05, 4.69) is 0 Å². The number of hydrogen-bond donors (Lipinski definition) is 2. The largest absolute Gasteiger partial charge is 0.396 e. The highest BCUT2D eigenvalue weighted by Crippen LogP contribution is 2.23. The van der Waals surface area contributed by atoms with E-state index in [1.54, 1.807) is 26.0 Å². The summed E-state index contributed by atoms with van der Waals surface area (Å²) in [6.07, 6.45) is 0.281. The second-order valence-electron chi connectivity index (χ2n) is 4.47. The monoisotopic (exact) mass is 246 g/mol. The molecular weight excluding hydrogens is 231 g/mol. The lowest BCUT2D eigenvalue weighted by atomic mass is 9.86. The first-order chi connectivity index (χ1) is 7.34. The van der Waals surface area contributed by atoms with Gasteiger partial charge in [0.15, 0.2) is 0 Å². The molecule has 1 aromatic carbocycles. The van der Waals surface area contributed by atoms with Gasteiger partial charge in [-0.25, -0.2) is 4.39 Å². The van der Waals surface area contributed by atoms with Crippen LogP contribution in [0.4, 0.5) is 4.39 Å². The molecule has 90 valence electrons. The first kappa shape index (κ1) is 13.4. The number of benzene rings is 1. The van der Waals surface area contributed by atoms with E-state index in [4.69, 9.17) is 16.7 Å². The van der Waals surface area contributed by atoms with E-state index >= 15 is 0 Å². The molecule has 0 aliphatic carbocycles. The van der Waals surface area contributed by atoms with E-state index in [-0.39, 0.29) is 13.0 Å². The van der Waals surface area contributed by atoms with Crippen LogP contribution < -0.4 is 0 Å². The van der Waals surface area contributed by atoms with Crippen LogP contribution in [0, 0.1) is 11.7 Å². The first-order valence-electron chi connectivity index (χ1n) is 5.11. The minimum atomic E-state index is -1.04. The van der Waals surface area contributed by atoms with Gasteiger partial charge >= 0.3 is 0 Å². The smallest absolute Gasteiger partial charge is 0.127 e. The molecule has 1 aromatic rings. The molecule has 0 amide bonds. The fourth-order valence-corrected chi connectivity index (χ4v) is 1.65. The second kappa shape index (κ2) is 5.13. The average Bonchev–Trinajstić information content (AvgIpc) is 2.14. The fraction of sp³-hybridized carbons (Fsp3) is 0.500. The molecule has 0 radical (unpaired) electrons. The van der Waals surface area contributed by atoms with Crippen molar-refractivity contribution in [2.75, 3.05) is 6.61 Å². The maximum atomic E-state index is 13.5. The second-order valence-corrected chi connectivity index (χ2v) is 4.91. The molecule has 0 saturated heterocycles. The minimum Gasteiger partial charge on any atom is -0.396 e. The van der Waals surface area contributed by atoms with Crippen molar-refractivity contribution in [2.45, 2.75) is 25.9 Å². The summed E-state index contributed by atoms with van der Waals surface area (Å²) >= 11 is 5.64. The topological polar surface area (TPSA) is 40.5 Å². The molecule has 4 heteroatoms. The highest BCUT2D eigenvalue weighted by Gasteiger charge is 2.27. The summed E-state index contributed by atoms with van der Waals surface area (Å²) < 4.78 is 13.5. The number of aliphatic hydroxyl groups is 2. The van der Waals surface area contributed by atoms with Gasteiger partial charge in [-0.1, -0.05) is 17.7 Å². The molecule has 0 bridgehead atoms. The van der Waals surface area contributed by atoms with Crippen molar-refractivity contribution in [3.8, 4) is 0 Å². The summed E-state index contributed by atoms with van der Waals surface area (Å²) in [4.78, 5) is 0. The van der Waals surface area contributed by atoms with Crippen LogP contribution in [0.25, 0.3) is 0 Å². The molecule has 0 aliphatic rings. The lowest BCUT2D eigenvalue weighted by Crippen LogP contribution is -2.35. The van der Waals surface area contributed by atoms with Gasteiger partial charge in [0, 0.05) is 17.5 Å². The zero-order chi connectivity index (χ0) is 12.3. The van der Waals surface area contributed by atoms with Crippen molar-refractivity contribution < 1.29 is 14.6 Å². The van der Waals surface area contributed by atoms with Crippen LogP contribution in [0.1, 0.15) is 19.4 Å². The van der Waals surface area contributed by atoms with E-state index < -0.39 is 17.3 Å². The summed E-state index contributed by atoms with van der Waals surface area (Å²) in [7, 11) is 0. The molecule has 0 fully saturated rings. The highest BCUT2D eigenvalue weighted by molar-refractivity contribution is 6.30. The summed E-state index contributed by atoms with van der Waals surface area (Å²) in [5.41, 5.74) is -0.591. The SMILES string of the molecule is CC(C)(O)C(CO)Cc1ccc(Cl)cc1F. The van der Waals surface area contributed by atoms with E-state index in [1.165, 1.54) is 6.07 Å². The standard InChI is InChI=1S/C12H16ClFO2/c1-12(2,16)9(7-15)5-8-3-4-10(13)6-11(8)14/h3-4,6,9,15-16H,5,7H2,1-2H3. The summed E-state index contributed by atoms with van der Waals surface area (Å²) in [6, 6.07) is 4.40. The minimum absolute atomic E-state index is 0.189. The molecule has 1 unspecified atom stereocenters. The molecule has 0 aromatic heterocycles. The summed E-state index contributed by atoms with van der Waals surface area (Å²) in [5, 5.41) is 19.3. The van der Waals surface area contributed by atoms with Crippen molar-refractivity contribution >= 4 is 11.6 Å². The Kier molecular flexibility index (Phi) is 4.30. The van der Waals surface area contributed by atoms with E-state index in [0.29, 0.717) is 10.6 Å². The van der Waals surface area contributed by atoms with Gasteiger partial charge in [0.1, 0.15) is 5.82 Å². The third-order valence-corrected chi connectivity index (χ3v) is 2.94. The van der Waals surface area contributed by atoms with Crippen LogP contribution in [-0.4, -0.2) is 22.4 Å². The van der Waals surface area contributed by atoms with Crippen LogP contribution in [0.5, 0.6) is 0 Å². The van der Waals surface area contributed by atoms with Crippen molar-refractivity contribution in [1.29, 1.82) is 0 Å². The molecule has 2 nitrogen and oxygen atoms in total. The number of rotatable bonds is 4. The van der Waals surface area contributed by atoms with Gasteiger partial charge in [-0.2, -0.15) is 0 Å². The van der Waals surface area contributed by atoms with Gasteiger partial charge in [0.05, 0.1) is 5.60 Å². The molecule has 1 rings (SSSR count). The molecule has 0 spiro atoms. The van der Waals surface area contributed by atoms with Crippen LogP contribution in [0.2, 0.25) is 5.02 Å². The maximum absolute atomic E-state index is 13.5. The Labute approximate surface area is 99.7 Å². The molecule has 16 heavy (non-hydrogen) atoms. The van der Waals surface area contributed by atoms with Crippen molar-refractivity contribution in [3.63, 3.8) is 0 Å². The van der Waals surface area contributed by atoms with Crippen LogP contribution in [0.3, 0.4) is 0 Å². The predicted octanol–water partition coefficient (Wildman–Crippen LogP) is 2.40. The van der Waals surface area contributed by atoms with Gasteiger partial charge in [-0.3, -0.25) is 0 Å². The van der Waals surface area contributed by atoms with Crippen LogP contribution in [-0.2, 0) is 6.42 Å². The number of hydrogen-bond acceptors (Lipinski definition) is 2. The normalized spacial score (nSPS) is 13.9. The lowest BCUT2D eigenvalue weighted by molar-refractivity contribution is -0.00845. The number of halogens is 2. The first-order valence-corrected chi connectivity index (χ1v) is 5.49. The molecule has 2 N–H and O–H groups in total. The Hall–Kier alpha value is -0.640. The molecular formula is C12H16ClFO2. The Bertz CT molecular complexity index is 361. The van der Waals surface area contributed by atoms with Gasteiger partial charge in [-0.15, -0.1) is 0 Å². The third kappa shape index (κ3) is 3.44. The summed E-state index contributed by atoms with van der Waals surface area (Å²) in [6.45, 7) is 3.01. The molecule has 0 aliphatic heterocycles. The van der Waals surface area contributed by atoms with Crippen LogP contribution >= 0.6 is 11.6 Å². The van der Waals surface area contributed by atoms with Gasteiger partial charge in [0.25, 0.3) is 0 Å². The Balaban J connectivity index is 2.86. The fourth-order valence-electron chi connectivity index (χ4n) is 1.49. The molecule has 0 saturated carbocycles. The van der Waals surface area contributed by atoms with Gasteiger partial charge in [0.2, 0.25) is 0 Å². The van der Waals surface area contributed by atoms with Crippen molar-refractivity contribution in [3.05, 3.63) is 34.6 Å². The zero-order valence-electron chi connectivity index (χ0n) is 9.37. The van der Waals surface area contributed by atoms with E-state index in [1.807, 2.05) is 0 Å². The average molecular weight is 247 g/mol. The Morgan fingerprint density at radius 2 is 2.06 bits per heavy atom. The van der Waals surface area contributed by atoms with Gasteiger partial charge in [-0.05, 0) is 38.0 Å². The quantitative estimate of drug-likeness (QED) is 0.857. The maximum Gasteiger partial charge on any atom is 0.127 e. The summed E-state index contributed by atoms with van der Waals surface area (Å²) in [5.74, 6) is -0.807. The van der Waals surface area contributed by atoms with E-state index in [9.17, 15) is 9.50 Å². The third-order valence-electron chi connectivity index (χ3n) is 2.70. The highest BCUT2D eigenvalue weighted by atomic mass is 35.5. The van der Waals surface area contributed by atoms with Crippen molar-refractivity contribution in [2.24, 2.45) is 5.92 Å². The predicted molar refractivity (Wildman–Crippen MR) is 62.0 cm³/mol. The Morgan fingerprint density at radius 3 is 2.50 bits per heavy atom. The van der Waals surface area contributed by atoms with Crippen LogP contribution in [0.15, 0.2) is 18.2 Å². The van der Waals surface area contributed by atoms with Crippen molar-refractivity contribution in [1.82, 2.24) is 0 Å². The number of aliphatic hydroxyl groups excluding tert-OH is 1. The van der Waals surface area contributed by atoms with Gasteiger partial charge < -0.3 is 10.2 Å². The zero-order valence-corrected chi connectivity index (χ0v) is 10.1. The van der Waals surface area contributed by atoms with E-state index in [0.717, 1.165) is 0 Å².